The minimum absolute atomic E-state index is 0.760. The number of hydrogen-bond donors (Lipinski definition) is 2. The van der Waals surface area contributed by atoms with Crippen molar-refractivity contribution >= 4 is 16.7 Å². The number of aryl methyl sites for hydroxylation is 1. The Morgan fingerprint density at radius 1 is 1.20 bits per heavy atom. The zero-order valence-electron chi connectivity index (χ0n) is 11.6. The number of H-pyrrole nitrogens is 1. The van der Waals surface area contributed by atoms with E-state index in [0.717, 1.165) is 34.8 Å². The van der Waals surface area contributed by atoms with Crippen LogP contribution in [0.1, 0.15) is 11.4 Å². The third-order valence-corrected chi connectivity index (χ3v) is 3.23. The number of anilines is 1. The van der Waals surface area contributed by atoms with E-state index in [1.54, 1.807) is 7.11 Å². The van der Waals surface area contributed by atoms with Gasteiger partial charge in [-0.05, 0) is 42.8 Å². The van der Waals surface area contributed by atoms with Crippen LogP contribution < -0.4 is 10.1 Å². The normalized spacial score (nSPS) is 10.7. The van der Waals surface area contributed by atoms with E-state index < -0.39 is 0 Å². The summed E-state index contributed by atoms with van der Waals surface area (Å²) in [5.74, 6) is 1.81. The van der Waals surface area contributed by atoms with Crippen LogP contribution in [-0.4, -0.2) is 17.1 Å². The second-order valence-electron chi connectivity index (χ2n) is 4.76. The van der Waals surface area contributed by atoms with Gasteiger partial charge in [-0.1, -0.05) is 12.1 Å². The number of imidazole rings is 1. The number of benzene rings is 2. The lowest BCUT2D eigenvalue weighted by molar-refractivity contribution is 0.414. The van der Waals surface area contributed by atoms with Gasteiger partial charge >= 0.3 is 0 Å². The van der Waals surface area contributed by atoms with Crippen molar-refractivity contribution in [3.63, 3.8) is 0 Å². The summed E-state index contributed by atoms with van der Waals surface area (Å²) >= 11 is 0. The predicted molar refractivity (Wildman–Crippen MR) is 81.2 cm³/mol. The highest BCUT2D eigenvalue weighted by atomic mass is 16.5. The molecule has 102 valence electrons. The fraction of sp³-hybridized carbons (Fsp3) is 0.188. The molecule has 0 fully saturated rings. The highest BCUT2D eigenvalue weighted by Crippen LogP contribution is 2.19. The number of hydrogen-bond acceptors (Lipinski definition) is 3. The monoisotopic (exact) mass is 267 g/mol. The average molecular weight is 267 g/mol. The first-order chi connectivity index (χ1) is 9.74. The molecule has 0 radical (unpaired) electrons. The Morgan fingerprint density at radius 3 is 2.95 bits per heavy atom. The summed E-state index contributed by atoms with van der Waals surface area (Å²) in [5.41, 5.74) is 4.31. The smallest absolute Gasteiger partial charge is 0.119 e. The Kier molecular flexibility index (Phi) is 3.29. The van der Waals surface area contributed by atoms with Crippen LogP contribution in [0.4, 0.5) is 5.69 Å². The van der Waals surface area contributed by atoms with Gasteiger partial charge in [0.2, 0.25) is 0 Å². The van der Waals surface area contributed by atoms with Crippen LogP contribution >= 0.6 is 0 Å². The van der Waals surface area contributed by atoms with E-state index in [2.05, 4.69) is 27.4 Å². The van der Waals surface area contributed by atoms with Crippen LogP contribution in [0.25, 0.3) is 11.0 Å². The maximum atomic E-state index is 5.23. The molecule has 0 atom stereocenters. The summed E-state index contributed by atoms with van der Waals surface area (Å²) in [4.78, 5) is 7.64. The quantitative estimate of drug-likeness (QED) is 0.760. The van der Waals surface area contributed by atoms with E-state index in [1.165, 1.54) is 5.56 Å². The third-order valence-electron chi connectivity index (χ3n) is 3.23. The molecule has 2 N–H and O–H groups in total. The molecule has 0 saturated carbocycles. The minimum atomic E-state index is 0.760. The Morgan fingerprint density at radius 2 is 2.10 bits per heavy atom. The second kappa shape index (κ2) is 5.25. The van der Waals surface area contributed by atoms with Crippen molar-refractivity contribution in [2.45, 2.75) is 13.5 Å². The van der Waals surface area contributed by atoms with Crippen LogP contribution in [0, 0.1) is 6.92 Å². The molecule has 4 heteroatoms. The van der Waals surface area contributed by atoms with Crippen molar-refractivity contribution in [2.24, 2.45) is 0 Å². The number of methoxy groups -OCH3 is 1. The molecule has 0 unspecified atom stereocenters. The van der Waals surface area contributed by atoms with Gasteiger partial charge in [-0.25, -0.2) is 4.98 Å². The summed E-state index contributed by atoms with van der Waals surface area (Å²) < 4.78 is 5.23. The fourth-order valence-corrected chi connectivity index (χ4v) is 2.23. The van der Waals surface area contributed by atoms with E-state index in [1.807, 2.05) is 37.3 Å². The van der Waals surface area contributed by atoms with Crippen molar-refractivity contribution < 1.29 is 4.74 Å². The fourth-order valence-electron chi connectivity index (χ4n) is 2.23. The molecule has 0 aliphatic carbocycles. The topological polar surface area (TPSA) is 49.9 Å². The maximum Gasteiger partial charge on any atom is 0.119 e. The molecule has 4 nitrogen and oxygen atoms in total. The van der Waals surface area contributed by atoms with Gasteiger partial charge in [0.05, 0.1) is 18.1 Å². The predicted octanol–water partition coefficient (Wildman–Crippen LogP) is 3.49. The summed E-state index contributed by atoms with van der Waals surface area (Å²) in [6, 6.07) is 14.2. The highest BCUT2D eigenvalue weighted by molar-refractivity contribution is 5.79. The highest BCUT2D eigenvalue weighted by Gasteiger charge is 2.01. The van der Waals surface area contributed by atoms with Crippen LogP contribution in [0.5, 0.6) is 5.75 Å². The van der Waals surface area contributed by atoms with Gasteiger partial charge < -0.3 is 15.0 Å². The Bertz CT molecular complexity index is 733. The number of rotatable bonds is 4. The van der Waals surface area contributed by atoms with Crippen molar-refractivity contribution in [1.29, 1.82) is 0 Å². The Labute approximate surface area is 117 Å². The third kappa shape index (κ3) is 2.59. The maximum absolute atomic E-state index is 5.23. The molecule has 20 heavy (non-hydrogen) atoms. The van der Waals surface area contributed by atoms with E-state index in [0.29, 0.717) is 0 Å². The molecule has 1 aromatic heterocycles. The summed E-state index contributed by atoms with van der Waals surface area (Å²) in [6.07, 6.45) is 0. The number of aromatic amines is 1. The lowest BCUT2D eigenvalue weighted by atomic mass is 10.2. The average Bonchev–Trinajstić information content (AvgIpc) is 2.84. The molecule has 3 aromatic rings. The molecule has 0 amide bonds. The van der Waals surface area contributed by atoms with Crippen LogP contribution in [0.3, 0.4) is 0 Å². The number of aromatic nitrogens is 2. The largest absolute Gasteiger partial charge is 0.497 e. The molecular weight excluding hydrogens is 250 g/mol. The van der Waals surface area contributed by atoms with Gasteiger partial charge in [0, 0.05) is 12.2 Å². The van der Waals surface area contributed by atoms with Crippen molar-refractivity contribution in [1.82, 2.24) is 9.97 Å². The molecule has 1 heterocycles. The van der Waals surface area contributed by atoms with Crippen LogP contribution in [-0.2, 0) is 6.54 Å². The first-order valence-corrected chi connectivity index (χ1v) is 6.58. The van der Waals surface area contributed by atoms with E-state index in [-0.39, 0.29) is 0 Å². The standard InChI is InChI=1S/C16H17N3O/c1-11-18-15-7-6-13(9-16(15)19-11)17-10-12-4-3-5-14(8-12)20-2/h3-9,17H,10H2,1-2H3,(H,18,19). The van der Waals surface area contributed by atoms with E-state index in [4.69, 9.17) is 4.74 Å². The SMILES string of the molecule is COc1cccc(CNc2ccc3nc(C)[nH]c3c2)c1. The van der Waals surface area contributed by atoms with Crippen molar-refractivity contribution in [3.8, 4) is 5.75 Å². The first kappa shape index (κ1) is 12.5. The molecule has 0 aliphatic heterocycles. The number of ether oxygens (including phenoxy) is 1. The van der Waals surface area contributed by atoms with Gasteiger partial charge in [-0.2, -0.15) is 0 Å². The van der Waals surface area contributed by atoms with Gasteiger partial charge in [0.15, 0.2) is 0 Å². The molecular formula is C16H17N3O. The second-order valence-corrected chi connectivity index (χ2v) is 4.76. The summed E-state index contributed by atoms with van der Waals surface area (Å²) in [5, 5.41) is 3.41. The molecule has 0 spiro atoms. The van der Waals surface area contributed by atoms with Gasteiger partial charge in [-0.3, -0.25) is 0 Å². The molecule has 2 aromatic carbocycles. The Balaban J connectivity index is 1.75. The van der Waals surface area contributed by atoms with Crippen molar-refractivity contribution in [3.05, 3.63) is 53.9 Å². The molecule has 0 bridgehead atoms. The minimum Gasteiger partial charge on any atom is -0.497 e. The zero-order chi connectivity index (χ0) is 13.9. The Hall–Kier alpha value is -2.49. The van der Waals surface area contributed by atoms with Gasteiger partial charge in [0.25, 0.3) is 0 Å². The van der Waals surface area contributed by atoms with Gasteiger partial charge in [0.1, 0.15) is 11.6 Å². The molecule has 0 aliphatic rings. The lowest BCUT2D eigenvalue weighted by Crippen LogP contribution is -1.99. The summed E-state index contributed by atoms with van der Waals surface area (Å²) in [7, 11) is 1.68. The van der Waals surface area contributed by atoms with Crippen molar-refractivity contribution in [2.75, 3.05) is 12.4 Å². The number of nitrogens with zero attached hydrogens (tertiary/aromatic N) is 1. The van der Waals surface area contributed by atoms with E-state index in [9.17, 15) is 0 Å². The summed E-state index contributed by atoms with van der Waals surface area (Å²) in [6.45, 7) is 2.72. The van der Waals surface area contributed by atoms with Crippen LogP contribution in [0.2, 0.25) is 0 Å². The first-order valence-electron chi connectivity index (χ1n) is 6.58. The molecule has 3 rings (SSSR count). The van der Waals surface area contributed by atoms with E-state index >= 15 is 0 Å². The van der Waals surface area contributed by atoms with Gasteiger partial charge in [-0.15, -0.1) is 0 Å². The zero-order valence-corrected chi connectivity index (χ0v) is 11.6. The number of fused-ring (bicyclic) bond motifs is 1. The lowest BCUT2D eigenvalue weighted by Gasteiger charge is -2.08. The number of nitrogens with one attached hydrogen (secondary N) is 2. The van der Waals surface area contributed by atoms with Crippen LogP contribution in [0.15, 0.2) is 42.5 Å². The molecule has 0 saturated heterocycles.